The van der Waals surface area contributed by atoms with E-state index in [4.69, 9.17) is 18.9 Å². The number of aromatic hydroxyl groups is 4. The maximum absolute atomic E-state index is 13.3. The van der Waals surface area contributed by atoms with Gasteiger partial charge in [-0.15, -0.1) is 0 Å². The Morgan fingerprint density at radius 3 is 0.841 bits per heavy atom. The van der Waals surface area contributed by atoms with Crippen LogP contribution in [-0.2, 0) is 40.8 Å². The third-order valence-electron chi connectivity index (χ3n) is 14.7. The number of aliphatic imine (C=N–C) groups is 4. The van der Waals surface area contributed by atoms with Gasteiger partial charge in [-0.1, -0.05) is 116 Å². The van der Waals surface area contributed by atoms with Gasteiger partial charge in [0.15, 0.2) is 0 Å². The highest BCUT2D eigenvalue weighted by Gasteiger charge is 2.33. The molecule has 0 atom stereocenters. The van der Waals surface area contributed by atoms with Gasteiger partial charge in [-0.05, 0) is 102 Å². The molecule has 0 amide bonds. The molecule has 444 valence electrons. The Bertz CT molecular complexity index is 3020. The number of hydrogen-bond acceptors (Lipinski definition) is 16. The lowest BCUT2D eigenvalue weighted by molar-refractivity contribution is -0.136. The number of rotatable bonds is 4. The lowest BCUT2D eigenvalue weighted by atomic mass is 9.70. The molecule has 0 spiro atoms. The van der Waals surface area contributed by atoms with Crippen LogP contribution in [0.2, 0.25) is 0 Å². The summed E-state index contributed by atoms with van der Waals surface area (Å²) in [7, 11) is 0. The molecule has 16 nitrogen and oxygen atoms in total. The number of fused-ring (bicyclic) bond motifs is 8. The average molecular weight is 1130 g/mol. The molecule has 8 bridgehead atoms. The summed E-state index contributed by atoms with van der Waals surface area (Å²) in [6, 6.07) is 12.9. The van der Waals surface area contributed by atoms with E-state index in [2.05, 4.69) is 47.7 Å². The fraction of sp³-hybridized carbons (Fsp3) is 0.515. The van der Waals surface area contributed by atoms with Gasteiger partial charge < -0.3 is 39.4 Å². The van der Waals surface area contributed by atoms with Crippen LogP contribution in [-0.4, -0.2) is 95.3 Å². The van der Waals surface area contributed by atoms with Gasteiger partial charge in [0, 0.05) is 95.0 Å². The van der Waals surface area contributed by atoms with Gasteiger partial charge in [-0.25, -0.2) is 0 Å². The number of hydrogen-bond donors (Lipinski definition) is 4. The first-order valence-electron chi connectivity index (χ1n) is 28.8. The Balaban J connectivity index is 1.40. The number of benzene rings is 4. The van der Waals surface area contributed by atoms with E-state index in [1.54, 1.807) is 48.5 Å². The normalized spacial score (nSPS) is 17.7. The van der Waals surface area contributed by atoms with E-state index in [-0.39, 0.29) is 104 Å². The lowest BCUT2D eigenvalue weighted by Crippen LogP contribution is -2.28. The van der Waals surface area contributed by atoms with Crippen molar-refractivity contribution >= 4 is 48.7 Å². The van der Waals surface area contributed by atoms with Crippen molar-refractivity contribution in [2.24, 2.45) is 25.9 Å². The second kappa shape index (κ2) is 29.1. The molecular formula is C66H88N4O12. The number of nitrogens with zero attached hydrogens (tertiary/aromatic N) is 4. The van der Waals surface area contributed by atoms with Crippen molar-refractivity contribution in [2.75, 3.05) is 26.2 Å². The highest BCUT2D eigenvalue weighted by Crippen LogP contribution is 2.44. The van der Waals surface area contributed by atoms with E-state index in [1.807, 2.05) is 62.3 Å². The molecule has 0 unspecified atom stereocenters. The van der Waals surface area contributed by atoms with Crippen LogP contribution in [0, 0.1) is 5.92 Å². The summed E-state index contributed by atoms with van der Waals surface area (Å²) >= 11 is 0. The standard InChI is InChI=1S/C66H88N4O12/c1-14-46(15-2)66(12,13)54-37-50-33-45(62(54)78)41-70-29-28-69-40-44-32-49(36-53(61(44)77)65(9,10)11)80-56(72)23-19-16-18-22-55(71)79-47-30-42(59(75)51(34-47)63(3,4)5)38-67-26-27-68-39-43-31-48(35-52(60(43)76)64(6,7)8)81-57(73)24-20-17-21-25-58(74)82-50/h30-41,46,75-78H,14-29H2,1-13H3/b67-38+,68-39+,69-40+,70-41+. The van der Waals surface area contributed by atoms with Gasteiger partial charge in [0.25, 0.3) is 0 Å². The molecule has 0 saturated carbocycles. The maximum atomic E-state index is 13.3. The topological polar surface area (TPSA) is 236 Å². The molecule has 82 heavy (non-hydrogen) atoms. The molecule has 4 aromatic rings. The highest BCUT2D eigenvalue weighted by molar-refractivity contribution is 5.89. The summed E-state index contributed by atoms with van der Waals surface area (Å²) in [5, 5.41) is 45.7. The summed E-state index contributed by atoms with van der Waals surface area (Å²) in [5.74, 6) is -0.572. The minimum absolute atomic E-state index is 0.00445. The maximum Gasteiger partial charge on any atom is 0.311 e. The Morgan fingerprint density at radius 2 is 0.610 bits per heavy atom. The third-order valence-corrected chi connectivity index (χ3v) is 14.7. The molecule has 0 fully saturated rings. The van der Waals surface area contributed by atoms with Crippen LogP contribution in [0.4, 0.5) is 0 Å². The number of esters is 4. The number of ether oxygens (including phenoxy) is 4. The molecule has 0 radical (unpaired) electrons. The van der Waals surface area contributed by atoms with E-state index in [0.717, 1.165) is 12.8 Å². The predicted octanol–water partition coefficient (Wildman–Crippen LogP) is 13.4. The second-order valence-corrected chi connectivity index (χ2v) is 24.8. The molecule has 4 aromatic carbocycles. The second-order valence-electron chi connectivity index (χ2n) is 24.8. The zero-order chi connectivity index (χ0) is 60.6. The number of phenols is 4. The Labute approximate surface area is 485 Å². The predicted molar refractivity (Wildman–Crippen MR) is 324 cm³/mol. The summed E-state index contributed by atoms with van der Waals surface area (Å²) in [4.78, 5) is 70.9. The van der Waals surface area contributed by atoms with E-state index < -0.39 is 45.5 Å². The molecule has 1 aliphatic rings. The lowest BCUT2D eigenvalue weighted by Gasteiger charge is -2.35. The monoisotopic (exact) mass is 1130 g/mol. The fourth-order valence-corrected chi connectivity index (χ4v) is 9.93. The van der Waals surface area contributed by atoms with E-state index >= 15 is 0 Å². The Hall–Kier alpha value is -7.36. The molecule has 4 N–H and O–H groups in total. The number of phenolic OH excluding ortho intramolecular Hbond substituents is 4. The molecule has 0 aromatic heterocycles. The molecule has 0 saturated heterocycles. The third kappa shape index (κ3) is 18.8. The zero-order valence-corrected chi connectivity index (χ0v) is 50.7. The van der Waals surface area contributed by atoms with Crippen LogP contribution in [0.3, 0.4) is 0 Å². The van der Waals surface area contributed by atoms with Crippen molar-refractivity contribution in [3.63, 3.8) is 0 Å². The smallest absolute Gasteiger partial charge is 0.311 e. The van der Waals surface area contributed by atoms with Crippen molar-refractivity contribution in [1.82, 2.24) is 0 Å². The average Bonchev–Trinajstić information content (AvgIpc) is 3.13. The van der Waals surface area contributed by atoms with Gasteiger partial charge >= 0.3 is 23.9 Å². The molecule has 5 rings (SSSR count). The molecule has 16 heteroatoms. The van der Waals surface area contributed by atoms with Crippen LogP contribution in [0.15, 0.2) is 68.5 Å². The van der Waals surface area contributed by atoms with Crippen molar-refractivity contribution in [3.05, 3.63) is 93.0 Å². The van der Waals surface area contributed by atoms with E-state index in [0.29, 0.717) is 83.0 Å². The van der Waals surface area contributed by atoms with Crippen molar-refractivity contribution in [3.8, 4) is 46.0 Å². The van der Waals surface area contributed by atoms with Crippen molar-refractivity contribution < 1.29 is 58.6 Å². The SMILES string of the molecule is CCC(CC)C(C)(C)c1cc2cc(c1O)/C=N/CC/N=C/c1cc(cc(C(C)(C)C)c1O)OC(=O)CCCCCC(=O)Oc1cc(c(O)c(C(C)(C)C)c1)/C=N/CC/N=C/c1cc(cc(C(C)(C)C)c1O)OC(=O)CCCCCC(=O)O2. The van der Waals surface area contributed by atoms with Gasteiger partial charge in [-0.3, -0.25) is 39.1 Å². The summed E-state index contributed by atoms with van der Waals surface area (Å²) in [6.07, 6.45) is 11.0. The molecule has 1 heterocycles. The van der Waals surface area contributed by atoms with Crippen molar-refractivity contribution in [1.29, 1.82) is 0 Å². The van der Waals surface area contributed by atoms with Gasteiger partial charge in [0.2, 0.25) is 0 Å². The van der Waals surface area contributed by atoms with Crippen LogP contribution in [0.5, 0.6) is 46.0 Å². The highest BCUT2D eigenvalue weighted by atomic mass is 16.5. The quantitative estimate of drug-likeness (QED) is 0.110. The largest absolute Gasteiger partial charge is 0.507 e. The minimum atomic E-state index is -0.514. The first-order valence-corrected chi connectivity index (χ1v) is 28.8. The van der Waals surface area contributed by atoms with Gasteiger partial charge in [-0.2, -0.15) is 0 Å². The zero-order valence-electron chi connectivity index (χ0n) is 50.7. The van der Waals surface area contributed by atoms with Gasteiger partial charge in [0.05, 0.1) is 26.2 Å². The van der Waals surface area contributed by atoms with Crippen LogP contribution in [0.1, 0.15) is 212 Å². The first kappa shape index (κ1) is 65.5. The van der Waals surface area contributed by atoms with E-state index in [9.17, 15) is 39.6 Å². The molecular weight excluding hydrogens is 1040 g/mol. The molecule has 1 aliphatic heterocycles. The summed E-state index contributed by atoms with van der Waals surface area (Å²) < 4.78 is 23.3. The van der Waals surface area contributed by atoms with Crippen LogP contribution in [0.25, 0.3) is 0 Å². The van der Waals surface area contributed by atoms with E-state index in [1.165, 1.54) is 24.9 Å². The fourth-order valence-electron chi connectivity index (χ4n) is 9.93. The number of carbonyl (C=O) groups excluding carboxylic acids is 4. The Morgan fingerprint density at radius 1 is 0.378 bits per heavy atom. The van der Waals surface area contributed by atoms with Crippen LogP contribution >= 0.6 is 0 Å². The Kier molecular flexibility index (Phi) is 23.2. The number of carbonyl (C=O) groups is 4. The van der Waals surface area contributed by atoms with Crippen LogP contribution < -0.4 is 18.9 Å². The minimum Gasteiger partial charge on any atom is -0.507 e. The summed E-state index contributed by atoms with van der Waals surface area (Å²) in [5.41, 5.74) is 1.73. The first-order chi connectivity index (χ1) is 38.5. The van der Waals surface area contributed by atoms with Crippen molar-refractivity contribution in [2.45, 2.75) is 189 Å². The van der Waals surface area contributed by atoms with Gasteiger partial charge in [0.1, 0.15) is 46.0 Å². The molecule has 0 aliphatic carbocycles. The summed E-state index contributed by atoms with van der Waals surface area (Å²) in [6.45, 7) is 26.6.